The van der Waals surface area contributed by atoms with Crippen LogP contribution in [0.1, 0.15) is 44.9 Å². The fourth-order valence-electron chi connectivity index (χ4n) is 5.53. The van der Waals surface area contributed by atoms with E-state index in [2.05, 4.69) is 26.2 Å². The van der Waals surface area contributed by atoms with Crippen molar-refractivity contribution in [1.29, 1.82) is 0 Å². The number of carbonyl (C=O) groups is 1. The van der Waals surface area contributed by atoms with Crippen molar-refractivity contribution in [3.05, 3.63) is 24.5 Å². The SMILES string of the molecule is O=C(CC12CC3CC(CC(Br)(C3)C1)C2)Nc1cccnc1. The number of nitrogens with zero attached hydrogens (tertiary/aromatic N) is 1. The van der Waals surface area contributed by atoms with E-state index in [4.69, 9.17) is 0 Å². The first-order valence-electron chi connectivity index (χ1n) is 7.93. The van der Waals surface area contributed by atoms with E-state index in [1.54, 1.807) is 12.4 Å². The highest BCUT2D eigenvalue weighted by Crippen LogP contribution is 2.65. The zero-order valence-corrected chi connectivity index (χ0v) is 13.7. The van der Waals surface area contributed by atoms with Gasteiger partial charge in [-0.25, -0.2) is 0 Å². The number of carbonyl (C=O) groups excluding carboxylic acids is 1. The van der Waals surface area contributed by atoms with Gasteiger partial charge in [0.15, 0.2) is 0 Å². The number of hydrogen-bond donors (Lipinski definition) is 1. The number of pyridine rings is 1. The summed E-state index contributed by atoms with van der Waals surface area (Å²) in [4.78, 5) is 16.5. The van der Waals surface area contributed by atoms with Crippen LogP contribution in [0, 0.1) is 17.3 Å². The van der Waals surface area contributed by atoms with Crippen molar-refractivity contribution in [3.8, 4) is 0 Å². The number of nitrogens with one attached hydrogen (secondary N) is 1. The van der Waals surface area contributed by atoms with Gasteiger partial charge in [-0.2, -0.15) is 0 Å². The molecule has 5 rings (SSSR count). The van der Waals surface area contributed by atoms with Crippen molar-refractivity contribution in [3.63, 3.8) is 0 Å². The van der Waals surface area contributed by atoms with Crippen molar-refractivity contribution in [1.82, 2.24) is 4.98 Å². The van der Waals surface area contributed by atoms with Crippen LogP contribution < -0.4 is 5.32 Å². The number of halogens is 1. The molecule has 4 heteroatoms. The zero-order valence-electron chi connectivity index (χ0n) is 12.1. The molecule has 0 aromatic carbocycles. The largest absolute Gasteiger partial charge is 0.325 e. The molecule has 4 aliphatic carbocycles. The van der Waals surface area contributed by atoms with Gasteiger partial charge in [-0.1, -0.05) is 15.9 Å². The molecule has 0 saturated heterocycles. The molecule has 4 fully saturated rings. The summed E-state index contributed by atoms with van der Waals surface area (Å²) in [5.41, 5.74) is 1.04. The lowest BCUT2D eigenvalue weighted by Crippen LogP contribution is -2.53. The summed E-state index contributed by atoms with van der Waals surface area (Å²) in [6.07, 6.45) is 11.8. The fraction of sp³-hybridized carbons (Fsp3) is 0.647. The number of amides is 1. The molecule has 4 aliphatic rings. The molecule has 1 amide bonds. The highest BCUT2D eigenvalue weighted by atomic mass is 79.9. The number of aromatic nitrogens is 1. The Morgan fingerprint density at radius 1 is 1.33 bits per heavy atom. The van der Waals surface area contributed by atoms with Crippen molar-refractivity contribution < 1.29 is 4.79 Å². The molecule has 2 atom stereocenters. The minimum Gasteiger partial charge on any atom is -0.325 e. The maximum Gasteiger partial charge on any atom is 0.224 e. The molecular weight excluding hydrogens is 328 g/mol. The maximum atomic E-state index is 12.4. The van der Waals surface area contributed by atoms with E-state index in [9.17, 15) is 4.79 Å². The molecule has 3 nitrogen and oxygen atoms in total. The molecule has 21 heavy (non-hydrogen) atoms. The molecule has 0 radical (unpaired) electrons. The summed E-state index contributed by atoms with van der Waals surface area (Å²) >= 11 is 4.01. The van der Waals surface area contributed by atoms with E-state index in [0.29, 0.717) is 10.7 Å². The van der Waals surface area contributed by atoms with Gasteiger partial charge in [-0.3, -0.25) is 9.78 Å². The molecule has 4 saturated carbocycles. The van der Waals surface area contributed by atoms with Gasteiger partial charge in [0.25, 0.3) is 0 Å². The monoisotopic (exact) mass is 348 g/mol. The van der Waals surface area contributed by atoms with Crippen LogP contribution in [0.4, 0.5) is 5.69 Å². The van der Waals surface area contributed by atoms with Crippen molar-refractivity contribution in [2.45, 2.75) is 49.3 Å². The molecule has 2 unspecified atom stereocenters. The van der Waals surface area contributed by atoms with Crippen LogP contribution in [0.5, 0.6) is 0 Å². The van der Waals surface area contributed by atoms with Crippen LogP contribution in [-0.4, -0.2) is 15.2 Å². The van der Waals surface area contributed by atoms with Gasteiger partial charge in [0.2, 0.25) is 5.91 Å². The van der Waals surface area contributed by atoms with E-state index >= 15 is 0 Å². The second kappa shape index (κ2) is 4.80. The highest BCUT2D eigenvalue weighted by molar-refractivity contribution is 9.10. The quantitative estimate of drug-likeness (QED) is 0.834. The Labute approximate surface area is 134 Å². The third-order valence-electron chi connectivity index (χ3n) is 5.59. The highest BCUT2D eigenvalue weighted by Gasteiger charge is 2.57. The third-order valence-corrected chi connectivity index (χ3v) is 6.52. The predicted octanol–water partition coefficient (Wildman–Crippen LogP) is 4.14. The van der Waals surface area contributed by atoms with Crippen molar-refractivity contribution >= 4 is 27.5 Å². The summed E-state index contributed by atoms with van der Waals surface area (Å²) in [5.74, 6) is 1.81. The van der Waals surface area contributed by atoms with Gasteiger partial charge in [-0.15, -0.1) is 0 Å². The van der Waals surface area contributed by atoms with Gasteiger partial charge < -0.3 is 5.32 Å². The Hall–Kier alpha value is -0.900. The first kappa shape index (κ1) is 13.7. The average Bonchev–Trinajstić information content (AvgIpc) is 2.35. The van der Waals surface area contributed by atoms with Gasteiger partial charge in [0.05, 0.1) is 11.9 Å². The first-order valence-corrected chi connectivity index (χ1v) is 8.72. The van der Waals surface area contributed by atoms with Crippen LogP contribution >= 0.6 is 15.9 Å². The molecule has 1 aromatic heterocycles. The van der Waals surface area contributed by atoms with E-state index in [1.165, 1.54) is 38.5 Å². The average molecular weight is 349 g/mol. The smallest absolute Gasteiger partial charge is 0.224 e. The fourth-order valence-corrected chi connectivity index (χ4v) is 7.04. The topological polar surface area (TPSA) is 42.0 Å². The predicted molar refractivity (Wildman–Crippen MR) is 86.3 cm³/mol. The summed E-state index contributed by atoms with van der Waals surface area (Å²) in [5, 5.41) is 3.01. The third kappa shape index (κ3) is 2.63. The molecule has 4 bridgehead atoms. The molecule has 112 valence electrons. The first-order chi connectivity index (χ1) is 10.0. The number of anilines is 1. The summed E-state index contributed by atoms with van der Waals surface area (Å²) in [6.45, 7) is 0. The van der Waals surface area contributed by atoms with Crippen LogP contribution in [0.3, 0.4) is 0 Å². The Morgan fingerprint density at radius 2 is 2.10 bits per heavy atom. The molecule has 1 aromatic rings. The Balaban J connectivity index is 1.48. The number of alkyl halides is 1. The lowest BCUT2D eigenvalue weighted by atomic mass is 9.48. The number of hydrogen-bond acceptors (Lipinski definition) is 2. The maximum absolute atomic E-state index is 12.4. The van der Waals surface area contributed by atoms with Gasteiger partial charge in [0, 0.05) is 16.9 Å². The van der Waals surface area contributed by atoms with Crippen LogP contribution in [0.15, 0.2) is 24.5 Å². The second-order valence-electron chi connectivity index (χ2n) is 7.58. The van der Waals surface area contributed by atoms with Gasteiger partial charge in [-0.05, 0) is 67.9 Å². The van der Waals surface area contributed by atoms with E-state index in [0.717, 1.165) is 17.5 Å². The Morgan fingerprint density at radius 3 is 2.71 bits per heavy atom. The van der Waals surface area contributed by atoms with Gasteiger partial charge in [0.1, 0.15) is 0 Å². The van der Waals surface area contributed by atoms with E-state index in [1.807, 2.05) is 12.1 Å². The molecule has 1 heterocycles. The van der Waals surface area contributed by atoms with E-state index < -0.39 is 0 Å². The molecule has 0 aliphatic heterocycles. The summed E-state index contributed by atoms with van der Waals surface area (Å²) < 4.78 is 0.325. The standard InChI is InChI=1S/C17H21BrN2O/c18-17-7-12-4-13(8-17)6-16(5-12,11-17)9-15(21)20-14-2-1-3-19-10-14/h1-3,10,12-13H,4-9,11H2,(H,20,21). The Bertz CT molecular complexity index is 545. The molecular formula is C17H21BrN2O. The van der Waals surface area contributed by atoms with Crippen LogP contribution in [0.2, 0.25) is 0 Å². The second-order valence-corrected chi connectivity index (χ2v) is 9.26. The summed E-state index contributed by atoms with van der Waals surface area (Å²) in [7, 11) is 0. The molecule has 0 spiro atoms. The van der Waals surface area contributed by atoms with Crippen molar-refractivity contribution in [2.75, 3.05) is 5.32 Å². The minimum absolute atomic E-state index is 0.154. The Kier molecular flexibility index (Phi) is 3.14. The zero-order chi connectivity index (χ0) is 14.5. The lowest BCUT2D eigenvalue weighted by Gasteiger charge is -2.60. The summed E-state index contributed by atoms with van der Waals surface area (Å²) in [6, 6.07) is 3.75. The minimum atomic E-state index is 0.154. The lowest BCUT2D eigenvalue weighted by molar-refractivity contribution is -0.123. The van der Waals surface area contributed by atoms with E-state index in [-0.39, 0.29) is 11.3 Å². The van der Waals surface area contributed by atoms with Gasteiger partial charge >= 0.3 is 0 Å². The molecule has 1 N–H and O–H groups in total. The normalized spacial score (nSPS) is 40.2. The van der Waals surface area contributed by atoms with Crippen LogP contribution in [0.25, 0.3) is 0 Å². The number of rotatable bonds is 3. The van der Waals surface area contributed by atoms with Crippen molar-refractivity contribution in [2.24, 2.45) is 17.3 Å². The van der Waals surface area contributed by atoms with Crippen LogP contribution in [-0.2, 0) is 4.79 Å².